The standard InChI is InChI=1S/C14H19N3O4/c1-10-3-4-12(17(19)20)9-13(10)15-11(2)14(18)16-5-7-21-8-6-16/h3-4,9,11,15H,5-8H2,1-2H3. The van der Waals surface area contributed by atoms with E-state index in [0.29, 0.717) is 32.0 Å². The van der Waals surface area contributed by atoms with Crippen LogP contribution < -0.4 is 5.32 Å². The Labute approximate surface area is 123 Å². The van der Waals surface area contributed by atoms with Gasteiger partial charge in [-0.25, -0.2) is 0 Å². The van der Waals surface area contributed by atoms with Crippen molar-refractivity contribution in [3.8, 4) is 0 Å². The van der Waals surface area contributed by atoms with Crippen molar-refractivity contribution in [2.24, 2.45) is 0 Å². The third kappa shape index (κ3) is 3.69. The van der Waals surface area contributed by atoms with Crippen LogP contribution in [0.1, 0.15) is 12.5 Å². The second kappa shape index (κ2) is 6.53. The van der Waals surface area contributed by atoms with Gasteiger partial charge in [-0.1, -0.05) is 6.07 Å². The Balaban J connectivity index is 2.07. The van der Waals surface area contributed by atoms with Crippen LogP contribution in [0.3, 0.4) is 0 Å². The molecule has 1 saturated heterocycles. The molecule has 2 rings (SSSR count). The van der Waals surface area contributed by atoms with Crippen LogP contribution in [0.5, 0.6) is 0 Å². The Morgan fingerprint density at radius 1 is 1.43 bits per heavy atom. The number of amides is 1. The number of carbonyl (C=O) groups is 1. The molecule has 1 amide bonds. The Hall–Kier alpha value is -2.15. The van der Waals surface area contributed by atoms with Gasteiger partial charge in [0.1, 0.15) is 6.04 Å². The van der Waals surface area contributed by atoms with Gasteiger partial charge in [-0.15, -0.1) is 0 Å². The molecule has 21 heavy (non-hydrogen) atoms. The highest BCUT2D eigenvalue weighted by atomic mass is 16.6. The largest absolute Gasteiger partial charge is 0.378 e. The molecule has 1 atom stereocenters. The number of anilines is 1. The van der Waals surface area contributed by atoms with Crippen LogP contribution in [-0.4, -0.2) is 48.1 Å². The van der Waals surface area contributed by atoms with E-state index in [2.05, 4.69) is 5.32 Å². The van der Waals surface area contributed by atoms with Crippen molar-refractivity contribution in [1.82, 2.24) is 4.90 Å². The van der Waals surface area contributed by atoms with E-state index in [1.54, 1.807) is 17.9 Å². The predicted molar refractivity (Wildman–Crippen MR) is 78.3 cm³/mol. The van der Waals surface area contributed by atoms with Gasteiger partial charge in [-0.3, -0.25) is 14.9 Å². The molecule has 7 heteroatoms. The topological polar surface area (TPSA) is 84.7 Å². The van der Waals surface area contributed by atoms with Crippen LogP contribution in [-0.2, 0) is 9.53 Å². The highest BCUT2D eigenvalue weighted by Crippen LogP contribution is 2.22. The fourth-order valence-corrected chi connectivity index (χ4v) is 2.23. The molecule has 0 aliphatic carbocycles. The fourth-order valence-electron chi connectivity index (χ4n) is 2.23. The maximum Gasteiger partial charge on any atom is 0.271 e. The van der Waals surface area contributed by atoms with Gasteiger partial charge in [-0.2, -0.15) is 0 Å². The number of morpholine rings is 1. The van der Waals surface area contributed by atoms with Gasteiger partial charge >= 0.3 is 0 Å². The number of nitro groups is 1. The van der Waals surface area contributed by atoms with Crippen molar-refractivity contribution in [2.75, 3.05) is 31.6 Å². The average molecular weight is 293 g/mol. The molecule has 1 aromatic carbocycles. The SMILES string of the molecule is Cc1ccc([N+](=O)[O-])cc1NC(C)C(=O)N1CCOCC1. The van der Waals surface area contributed by atoms with Gasteiger partial charge in [0.2, 0.25) is 5.91 Å². The number of non-ortho nitro benzene ring substituents is 1. The molecule has 0 spiro atoms. The normalized spacial score (nSPS) is 16.4. The number of hydrogen-bond donors (Lipinski definition) is 1. The van der Waals surface area contributed by atoms with Crippen LogP contribution in [0.2, 0.25) is 0 Å². The van der Waals surface area contributed by atoms with Crippen molar-refractivity contribution in [1.29, 1.82) is 0 Å². The Kier molecular flexibility index (Phi) is 4.74. The summed E-state index contributed by atoms with van der Waals surface area (Å²) in [6.07, 6.45) is 0. The molecule has 1 aromatic rings. The number of benzene rings is 1. The minimum Gasteiger partial charge on any atom is -0.378 e. The average Bonchev–Trinajstić information content (AvgIpc) is 2.49. The maximum atomic E-state index is 12.3. The summed E-state index contributed by atoms with van der Waals surface area (Å²) in [7, 11) is 0. The summed E-state index contributed by atoms with van der Waals surface area (Å²) in [6.45, 7) is 5.87. The Morgan fingerprint density at radius 3 is 2.71 bits per heavy atom. The van der Waals surface area contributed by atoms with E-state index in [1.165, 1.54) is 12.1 Å². The zero-order chi connectivity index (χ0) is 15.4. The molecule has 0 saturated carbocycles. The van der Waals surface area contributed by atoms with Crippen molar-refractivity contribution in [2.45, 2.75) is 19.9 Å². The second-order valence-corrected chi connectivity index (χ2v) is 5.06. The molecule has 1 N–H and O–H groups in total. The minimum atomic E-state index is -0.445. The molecular weight excluding hydrogens is 274 g/mol. The predicted octanol–water partition coefficient (Wildman–Crippen LogP) is 1.56. The van der Waals surface area contributed by atoms with Gasteiger partial charge in [0, 0.05) is 30.9 Å². The van der Waals surface area contributed by atoms with E-state index in [9.17, 15) is 14.9 Å². The molecule has 1 heterocycles. The zero-order valence-electron chi connectivity index (χ0n) is 12.2. The van der Waals surface area contributed by atoms with Crippen LogP contribution in [0.15, 0.2) is 18.2 Å². The summed E-state index contributed by atoms with van der Waals surface area (Å²) in [5, 5.41) is 13.9. The van der Waals surface area contributed by atoms with Crippen molar-refractivity contribution < 1.29 is 14.5 Å². The van der Waals surface area contributed by atoms with E-state index < -0.39 is 11.0 Å². The number of nitrogens with one attached hydrogen (secondary N) is 1. The monoisotopic (exact) mass is 293 g/mol. The highest BCUT2D eigenvalue weighted by Gasteiger charge is 2.23. The maximum absolute atomic E-state index is 12.3. The highest BCUT2D eigenvalue weighted by molar-refractivity contribution is 5.84. The third-order valence-electron chi connectivity index (χ3n) is 3.50. The van der Waals surface area contributed by atoms with Crippen LogP contribution >= 0.6 is 0 Å². The Bertz CT molecular complexity index is 541. The summed E-state index contributed by atoms with van der Waals surface area (Å²) in [5.41, 5.74) is 1.48. The molecular formula is C14H19N3O4. The van der Waals surface area contributed by atoms with Gasteiger partial charge in [0.15, 0.2) is 0 Å². The third-order valence-corrected chi connectivity index (χ3v) is 3.50. The van der Waals surface area contributed by atoms with Crippen molar-refractivity contribution >= 4 is 17.3 Å². The van der Waals surface area contributed by atoms with Crippen LogP contribution in [0, 0.1) is 17.0 Å². The van der Waals surface area contributed by atoms with E-state index in [0.717, 1.165) is 5.56 Å². The van der Waals surface area contributed by atoms with E-state index in [1.807, 2.05) is 6.92 Å². The first-order chi connectivity index (χ1) is 9.99. The van der Waals surface area contributed by atoms with Crippen molar-refractivity contribution in [3.05, 3.63) is 33.9 Å². The number of nitro benzene ring substituents is 1. The smallest absolute Gasteiger partial charge is 0.271 e. The zero-order valence-corrected chi connectivity index (χ0v) is 12.2. The lowest BCUT2D eigenvalue weighted by atomic mass is 10.1. The summed E-state index contributed by atoms with van der Waals surface area (Å²) >= 11 is 0. The summed E-state index contributed by atoms with van der Waals surface area (Å²) in [4.78, 5) is 24.4. The molecule has 1 aliphatic heterocycles. The van der Waals surface area contributed by atoms with E-state index >= 15 is 0 Å². The molecule has 114 valence electrons. The molecule has 1 unspecified atom stereocenters. The minimum absolute atomic E-state index is 0.00845. The number of rotatable bonds is 4. The lowest BCUT2D eigenvalue weighted by Gasteiger charge is -2.30. The number of carbonyl (C=O) groups excluding carboxylic acids is 1. The van der Waals surface area contributed by atoms with Crippen LogP contribution in [0.25, 0.3) is 0 Å². The first-order valence-electron chi connectivity index (χ1n) is 6.87. The van der Waals surface area contributed by atoms with E-state index in [-0.39, 0.29) is 11.6 Å². The first kappa shape index (κ1) is 15.2. The number of aryl methyl sites for hydroxylation is 1. The molecule has 7 nitrogen and oxygen atoms in total. The molecule has 0 radical (unpaired) electrons. The van der Waals surface area contributed by atoms with Crippen LogP contribution in [0.4, 0.5) is 11.4 Å². The molecule has 0 aromatic heterocycles. The number of nitrogens with zero attached hydrogens (tertiary/aromatic N) is 2. The lowest BCUT2D eigenvalue weighted by Crippen LogP contribution is -2.47. The van der Waals surface area contributed by atoms with E-state index in [4.69, 9.17) is 4.74 Å². The Morgan fingerprint density at radius 2 is 2.10 bits per heavy atom. The van der Waals surface area contributed by atoms with Gasteiger partial charge < -0.3 is 15.0 Å². The summed E-state index contributed by atoms with van der Waals surface area (Å²) < 4.78 is 5.22. The van der Waals surface area contributed by atoms with Crippen molar-refractivity contribution in [3.63, 3.8) is 0 Å². The fraction of sp³-hybridized carbons (Fsp3) is 0.500. The molecule has 1 aliphatic rings. The molecule has 1 fully saturated rings. The lowest BCUT2D eigenvalue weighted by molar-refractivity contribution is -0.384. The number of ether oxygens (including phenoxy) is 1. The quantitative estimate of drug-likeness (QED) is 0.672. The van der Waals surface area contributed by atoms with Gasteiger partial charge in [-0.05, 0) is 19.4 Å². The molecule has 0 bridgehead atoms. The first-order valence-corrected chi connectivity index (χ1v) is 6.87. The summed E-state index contributed by atoms with van der Waals surface area (Å²) in [5.74, 6) is -0.0239. The summed E-state index contributed by atoms with van der Waals surface area (Å²) in [6, 6.07) is 4.14. The van der Waals surface area contributed by atoms with Gasteiger partial charge in [0.25, 0.3) is 5.69 Å². The number of hydrogen-bond acceptors (Lipinski definition) is 5. The van der Waals surface area contributed by atoms with Gasteiger partial charge in [0.05, 0.1) is 18.1 Å². The second-order valence-electron chi connectivity index (χ2n) is 5.06.